The number of rotatable bonds is 4. The molecule has 4 heteroatoms. The highest BCUT2D eigenvalue weighted by atomic mass is 35.5. The lowest BCUT2D eigenvalue weighted by atomic mass is 10.3. The first kappa shape index (κ1) is 10.1. The third-order valence-electron chi connectivity index (χ3n) is 1.82. The summed E-state index contributed by atoms with van der Waals surface area (Å²) in [5.41, 5.74) is 1.10. The summed E-state index contributed by atoms with van der Waals surface area (Å²) in [7, 11) is 1.78. The zero-order chi connectivity index (χ0) is 9.68. The highest BCUT2D eigenvalue weighted by Crippen LogP contribution is 2.03. The maximum absolute atomic E-state index is 11.3. The van der Waals surface area contributed by atoms with Crippen LogP contribution in [-0.4, -0.2) is 28.7 Å². The van der Waals surface area contributed by atoms with Crippen molar-refractivity contribution < 1.29 is 4.79 Å². The minimum atomic E-state index is 0.0798. The van der Waals surface area contributed by atoms with Crippen LogP contribution in [0.2, 0.25) is 0 Å². The molecule has 1 rings (SSSR count). The Morgan fingerprint density at radius 3 is 3.00 bits per heavy atom. The van der Waals surface area contributed by atoms with Crippen molar-refractivity contribution in [1.82, 2.24) is 9.88 Å². The van der Waals surface area contributed by atoms with Gasteiger partial charge in [-0.2, -0.15) is 0 Å². The standard InChI is InChI=1S/C9H13ClN2O/c1-12(9(13)2-4-10)7-8-3-5-11-6-8/h3,5-6,11H,2,4,7H2,1H3. The van der Waals surface area contributed by atoms with Gasteiger partial charge in [0.25, 0.3) is 0 Å². The molecule has 0 atom stereocenters. The fourth-order valence-electron chi connectivity index (χ4n) is 1.09. The molecule has 0 aliphatic carbocycles. The Hall–Kier alpha value is -0.960. The molecule has 0 unspecified atom stereocenters. The molecule has 0 saturated heterocycles. The molecule has 1 N–H and O–H groups in total. The maximum atomic E-state index is 11.3. The van der Waals surface area contributed by atoms with Crippen molar-refractivity contribution in [2.45, 2.75) is 13.0 Å². The lowest BCUT2D eigenvalue weighted by Gasteiger charge is -2.15. The van der Waals surface area contributed by atoms with E-state index in [1.54, 1.807) is 11.9 Å². The van der Waals surface area contributed by atoms with E-state index in [1.165, 1.54) is 0 Å². The highest BCUT2D eigenvalue weighted by molar-refractivity contribution is 6.18. The molecular weight excluding hydrogens is 188 g/mol. The second-order valence-corrected chi connectivity index (χ2v) is 3.29. The minimum absolute atomic E-state index is 0.0798. The topological polar surface area (TPSA) is 36.1 Å². The van der Waals surface area contributed by atoms with Gasteiger partial charge in [0, 0.05) is 38.3 Å². The van der Waals surface area contributed by atoms with Crippen LogP contribution in [-0.2, 0) is 11.3 Å². The van der Waals surface area contributed by atoms with Gasteiger partial charge in [-0.1, -0.05) is 0 Å². The van der Waals surface area contributed by atoms with Gasteiger partial charge < -0.3 is 9.88 Å². The van der Waals surface area contributed by atoms with Gasteiger partial charge in [-0.05, 0) is 11.6 Å². The average Bonchev–Trinajstić information content (AvgIpc) is 2.57. The van der Waals surface area contributed by atoms with Gasteiger partial charge in [0.1, 0.15) is 0 Å². The average molecular weight is 201 g/mol. The molecule has 3 nitrogen and oxygen atoms in total. The van der Waals surface area contributed by atoms with Crippen molar-refractivity contribution >= 4 is 17.5 Å². The Morgan fingerprint density at radius 1 is 1.69 bits per heavy atom. The van der Waals surface area contributed by atoms with Gasteiger partial charge >= 0.3 is 0 Å². The summed E-state index contributed by atoms with van der Waals surface area (Å²) in [6.45, 7) is 0.638. The van der Waals surface area contributed by atoms with Crippen molar-refractivity contribution in [2.24, 2.45) is 0 Å². The quantitative estimate of drug-likeness (QED) is 0.737. The zero-order valence-corrected chi connectivity index (χ0v) is 8.34. The summed E-state index contributed by atoms with van der Waals surface area (Å²) >= 11 is 5.47. The Bertz CT molecular complexity index is 259. The van der Waals surface area contributed by atoms with E-state index in [2.05, 4.69) is 4.98 Å². The Balaban J connectivity index is 2.41. The molecule has 0 aliphatic rings. The van der Waals surface area contributed by atoms with Crippen molar-refractivity contribution in [2.75, 3.05) is 12.9 Å². The number of carbonyl (C=O) groups excluding carboxylic acids is 1. The summed E-state index contributed by atoms with van der Waals surface area (Å²) in [5, 5.41) is 0. The van der Waals surface area contributed by atoms with Crippen molar-refractivity contribution in [3.8, 4) is 0 Å². The number of nitrogens with zero attached hydrogens (tertiary/aromatic N) is 1. The molecule has 0 fully saturated rings. The number of hydrogen-bond acceptors (Lipinski definition) is 1. The zero-order valence-electron chi connectivity index (χ0n) is 7.59. The number of hydrogen-bond donors (Lipinski definition) is 1. The fraction of sp³-hybridized carbons (Fsp3) is 0.444. The first-order chi connectivity index (χ1) is 6.24. The number of alkyl halides is 1. The van der Waals surface area contributed by atoms with Crippen LogP contribution in [0.4, 0.5) is 0 Å². The number of aromatic amines is 1. The predicted octanol–water partition coefficient (Wildman–Crippen LogP) is 1.60. The molecule has 0 aliphatic heterocycles. The number of nitrogens with one attached hydrogen (secondary N) is 1. The number of aromatic nitrogens is 1. The van der Waals surface area contributed by atoms with E-state index in [-0.39, 0.29) is 5.91 Å². The number of carbonyl (C=O) groups is 1. The maximum Gasteiger partial charge on any atom is 0.223 e. The second-order valence-electron chi connectivity index (χ2n) is 2.91. The Morgan fingerprint density at radius 2 is 2.46 bits per heavy atom. The highest BCUT2D eigenvalue weighted by Gasteiger charge is 2.07. The van der Waals surface area contributed by atoms with Crippen LogP contribution >= 0.6 is 11.6 Å². The largest absolute Gasteiger partial charge is 0.367 e. The first-order valence-corrected chi connectivity index (χ1v) is 4.69. The van der Waals surface area contributed by atoms with Gasteiger partial charge in [-0.25, -0.2) is 0 Å². The molecule has 0 spiro atoms. The summed E-state index contributed by atoms with van der Waals surface area (Å²) in [5.74, 6) is 0.465. The van der Waals surface area contributed by atoms with Crippen LogP contribution < -0.4 is 0 Å². The lowest BCUT2D eigenvalue weighted by Crippen LogP contribution is -2.25. The van der Waals surface area contributed by atoms with Gasteiger partial charge in [-0.15, -0.1) is 11.6 Å². The van der Waals surface area contributed by atoms with E-state index >= 15 is 0 Å². The number of halogens is 1. The summed E-state index contributed by atoms with van der Waals surface area (Å²) in [6, 6.07) is 1.95. The molecular formula is C9H13ClN2O. The monoisotopic (exact) mass is 200 g/mol. The normalized spacial score (nSPS) is 10.0. The molecule has 0 saturated carbocycles. The fourth-order valence-corrected chi connectivity index (χ4v) is 1.25. The molecule has 0 bridgehead atoms. The van der Waals surface area contributed by atoms with E-state index in [0.717, 1.165) is 5.56 Å². The molecule has 1 heterocycles. The molecule has 0 radical (unpaired) electrons. The van der Waals surface area contributed by atoms with E-state index < -0.39 is 0 Å². The molecule has 1 aromatic heterocycles. The van der Waals surface area contributed by atoms with E-state index in [9.17, 15) is 4.79 Å². The SMILES string of the molecule is CN(Cc1cc[nH]c1)C(=O)CCCl. The van der Waals surface area contributed by atoms with Gasteiger partial charge in [0.15, 0.2) is 0 Å². The van der Waals surface area contributed by atoms with Crippen molar-refractivity contribution in [1.29, 1.82) is 0 Å². The van der Waals surface area contributed by atoms with Gasteiger partial charge in [0.2, 0.25) is 5.91 Å². The third kappa shape index (κ3) is 3.11. The van der Waals surface area contributed by atoms with E-state index in [1.807, 2.05) is 18.5 Å². The van der Waals surface area contributed by atoms with Crippen molar-refractivity contribution in [3.63, 3.8) is 0 Å². The Kier molecular flexibility index (Phi) is 3.83. The summed E-state index contributed by atoms with van der Waals surface area (Å²) in [6.07, 6.45) is 4.13. The third-order valence-corrected chi connectivity index (χ3v) is 2.01. The van der Waals surface area contributed by atoms with E-state index in [0.29, 0.717) is 18.8 Å². The predicted molar refractivity (Wildman–Crippen MR) is 52.6 cm³/mol. The van der Waals surface area contributed by atoms with Crippen LogP contribution in [0.1, 0.15) is 12.0 Å². The number of H-pyrrole nitrogens is 1. The van der Waals surface area contributed by atoms with Crippen molar-refractivity contribution in [3.05, 3.63) is 24.0 Å². The van der Waals surface area contributed by atoms with E-state index in [4.69, 9.17) is 11.6 Å². The molecule has 72 valence electrons. The smallest absolute Gasteiger partial charge is 0.223 e. The molecule has 13 heavy (non-hydrogen) atoms. The van der Waals surface area contributed by atoms with Gasteiger partial charge in [-0.3, -0.25) is 4.79 Å². The second kappa shape index (κ2) is 4.92. The summed E-state index contributed by atoms with van der Waals surface area (Å²) < 4.78 is 0. The Labute approximate surface area is 82.7 Å². The number of amides is 1. The van der Waals surface area contributed by atoms with Crippen LogP contribution in [0.3, 0.4) is 0 Å². The summed E-state index contributed by atoms with van der Waals surface area (Å²) in [4.78, 5) is 15.9. The molecule has 1 amide bonds. The van der Waals surface area contributed by atoms with Crippen LogP contribution in [0.5, 0.6) is 0 Å². The first-order valence-electron chi connectivity index (χ1n) is 4.15. The van der Waals surface area contributed by atoms with Crippen LogP contribution in [0.25, 0.3) is 0 Å². The van der Waals surface area contributed by atoms with Crippen LogP contribution in [0, 0.1) is 0 Å². The van der Waals surface area contributed by atoms with Gasteiger partial charge in [0.05, 0.1) is 0 Å². The molecule has 1 aromatic rings. The minimum Gasteiger partial charge on any atom is -0.367 e. The molecule has 0 aromatic carbocycles. The van der Waals surface area contributed by atoms with Crippen LogP contribution in [0.15, 0.2) is 18.5 Å². The lowest BCUT2D eigenvalue weighted by molar-refractivity contribution is -0.129.